The number of carbonyl (C=O) groups excluding carboxylic acids is 1. The molecule has 1 aromatic carbocycles. The fourth-order valence-electron chi connectivity index (χ4n) is 1.97. The van der Waals surface area contributed by atoms with Crippen molar-refractivity contribution in [2.75, 3.05) is 25.5 Å². The Morgan fingerprint density at radius 2 is 2.10 bits per heavy atom. The molecule has 0 saturated carbocycles. The highest BCUT2D eigenvalue weighted by Gasteiger charge is 2.18. The molecule has 1 amide bonds. The van der Waals surface area contributed by atoms with Gasteiger partial charge in [0.05, 0.1) is 17.3 Å². The first-order valence-electron chi connectivity index (χ1n) is 7.21. The van der Waals surface area contributed by atoms with E-state index in [1.165, 1.54) is 0 Å². The van der Waals surface area contributed by atoms with Crippen molar-refractivity contribution in [3.05, 3.63) is 29.8 Å². The smallest absolute Gasteiger partial charge is 0.241 e. The molecule has 0 bridgehead atoms. The van der Waals surface area contributed by atoms with E-state index < -0.39 is 0 Å². The number of likely N-dealkylation sites (N-methyl/N-ethyl adjacent to an activating group) is 1. The quantitative estimate of drug-likeness (QED) is 0.717. The van der Waals surface area contributed by atoms with E-state index in [2.05, 4.69) is 11.4 Å². The lowest BCUT2D eigenvalue weighted by Crippen LogP contribution is -2.40. The van der Waals surface area contributed by atoms with Gasteiger partial charge in [0.15, 0.2) is 0 Å². The zero-order chi connectivity index (χ0) is 15.7. The number of nitrogens with one attached hydrogen (secondary N) is 1. The number of nitriles is 1. The van der Waals surface area contributed by atoms with E-state index in [0.29, 0.717) is 11.3 Å². The predicted molar refractivity (Wildman–Crippen MR) is 82.8 cm³/mol. The van der Waals surface area contributed by atoms with Crippen LogP contribution in [0.25, 0.3) is 0 Å². The molecule has 0 aliphatic rings. The summed E-state index contributed by atoms with van der Waals surface area (Å²) in [5.74, 6) is -0.123. The van der Waals surface area contributed by atoms with Crippen molar-refractivity contribution in [3.63, 3.8) is 0 Å². The van der Waals surface area contributed by atoms with E-state index in [0.717, 1.165) is 25.8 Å². The minimum absolute atomic E-state index is 0.123. The third-order valence-electron chi connectivity index (χ3n) is 3.51. The predicted octanol–water partition coefficient (Wildman–Crippen LogP) is 1.98. The van der Waals surface area contributed by atoms with Crippen LogP contribution in [-0.2, 0) is 4.79 Å². The minimum atomic E-state index is -0.272. The average molecular weight is 289 g/mol. The largest absolute Gasteiger partial charge is 0.396 e. The highest BCUT2D eigenvalue weighted by atomic mass is 16.2. The molecular formula is C16H23N3O2. The van der Waals surface area contributed by atoms with E-state index in [-0.39, 0.29) is 18.6 Å². The first kappa shape index (κ1) is 17.2. The highest BCUT2D eigenvalue weighted by Crippen LogP contribution is 2.14. The zero-order valence-electron chi connectivity index (χ0n) is 12.7. The fourth-order valence-corrected chi connectivity index (χ4v) is 1.97. The van der Waals surface area contributed by atoms with Crippen molar-refractivity contribution in [2.45, 2.75) is 32.2 Å². The van der Waals surface area contributed by atoms with Crippen LogP contribution in [0.4, 0.5) is 5.69 Å². The number of rotatable bonds is 8. The van der Waals surface area contributed by atoms with Crippen LogP contribution in [0.3, 0.4) is 0 Å². The first-order chi connectivity index (χ1) is 10.1. The summed E-state index contributed by atoms with van der Waals surface area (Å²) >= 11 is 0. The number of hydrogen-bond acceptors (Lipinski definition) is 4. The third-order valence-corrected chi connectivity index (χ3v) is 3.51. The van der Waals surface area contributed by atoms with E-state index in [1.807, 2.05) is 18.9 Å². The number of benzene rings is 1. The van der Waals surface area contributed by atoms with Crippen molar-refractivity contribution in [1.82, 2.24) is 4.90 Å². The Labute approximate surface area is 126 Å². The Morgan fingerprint density at radius 3 is 2.76 bits per heavy atom. The molecule has 5 heteroatoms. The number of amides is 1. The third kappa shape index (κ3) is 5.54. The number of aliphatic hydroxyl groups is 1. The number of anilines is 1. The number of nitrogens with zero attached hydrogens (tertiary/aromatic N) is 2. The molecule has 0 radical (unpaired) electrons. The Kier molecular flexibility index (Phi) is 7.44. The fraction of sp³-hybridized carbons (Fsp3) is 0.500. The van der Waals surface area contributed by atoms with Crippen molar-refractivity contribution in [1.29, 1.82) is 5.26 Å². The summed E-state index contributed by atoms with van der Waals surface area (Å²) in [6.07, 6.45) is 2.69. The maximum atomic E-state index is 12.2. The molecule has 1 atom stereocenters. The van der Waals surface area contributed by atoms with Gasteiger partial charge in [-0.3, -0.25) is 9.69 Å². The maximum absolute atomic E-state index is 12.2. The van der Waals surface area contributed by atoms with Gasteiger partial charge in [-0.15, -0.1) is 0 Å². The van der Waals surface area contributed by atoms with Crippen LogP contribution in [-0.4, -0.2) is 42.2 Å². The van der Waals surface area contributed by atoms with Gasteiger partial charge in [-0.1, -0.05) is 12.1 Å². The van der Waals surface area contributed by atoms with Gasteiger partial charge < -0.3 is 10.4 Å². The van der Waals surface area contributed by atoms with Crippen molar-refractivity contribution in [2.24, 2.45) is 0 Å². The monoisotopic (exact) mass is 289 g/mol. The van der Waals surface area contributed by atoms with Gasteiger partial charge in [0.25, 0.3) is 0 Å². The summed E-state index contributed by atoms with van der Waals surface area (Å²) in [6.45, 7) is 2.86. The standard InChI is InChI=1S/C16H23N3O2/c1-13(19(2)10-6-3-7-11-20)16(21)18-15-9-5-4-8-14(15)12-17/h4-5,8-9,13,20H,3,6-7,10-11H2,1-2H3,(H,18,21). The number of aliphatic hydroxyl groups excluding tert-OH is 1. The lowest BCUT2D eigenvalue weighted by molar-refractivity contribution is -0.120. The summed E-state index contributed by atoms with van der Waals surface area (Å²) in [7, 11) is 1.90. The Bertz CT molecular complexity index is 497. The van der Waals surface area contributed by atoms with Crippen LogP contribution in [0.2, 0.25) is 0 Å². The number of unbranched alkanes of at least 4 members (excludes halogenated alkanes) is 2. The van der Waals surface area contributed by atoms with E-state index in [4.69, 9.17) is 10.4 Å². The lowest BCUT2D eigenvalue weighted by Gasteiger charge is -2.24. The van der Waals surface area contributed by atoms with Crippen LogP contribution in [0, 0.1) is 11.3 Å². The Hall–Kier alpha value is -1.90. The van der Waals surface area contributed by atoms with Crippen LogP contribution in [0.15, 0.2) is 24.3 Å². The summed E-state index contributed by atoms with van der Waals surface area (Å²) in [5, 5.41) is 20.6. The second-order valence-corrected chi connectivity index (χ2v) is 5.09. The molecular weight excluding hydrogens is 266 g/mol. The minimum Gasteiger partial charge on any atom is -0.396 e. The Balaban J connectivity index is 2.52. The van der Waals surface area contributed by atoms with Gasteiger partial charge in [-0.2, -0.15) is 5.26 Å². The van der Waals surface area contributed by atoms with Crippen molar-refractivity contribution < 1.29 is 9.90 Å². The van der Waals surface area contributed by atoms with Gasteiger partial charge in [0, 0.05) is 6.61 Å². The Morgan fingerprint density at radius 1 is 1.38 bits per heavy atom. The molecule has 0 saturated heterocycles. The molecule has 5 nitrogen and oxygen atoms in total. The topological polar surface area (TPSA) is 76.4 Å². The molecule has 114 valence electrons. The van der Waals surface area contributed by atoms with E-state index in [9.17, 15) is 4.79 Å². The molecule has 0 spiro atoms. The molecule has 0 heterocycles. The number of para-hydroxylation sites is 1. The maximum Gasteiger partial charge on any atom is 0.241 e. The first-order valence-corrected chi connectivity index (χ1v) is 7.21. The average Bonchev–Trinajstić information content (AvgIpc) is 2.51. The van der Waals surface area contributed by atoms with Crippen LogP contribution in [0.5, 0.6) is 0 Å². The molecule has 1 aromatic rings. The van der Waals surface area contributed by atoms with Crippen molar-refractivity contribution >= 4 is 11.6 Å². The molecule has 0 aromatic heterocycles. The number of hydrogen-bond donors (Lipinski definition) is 2. The molecule has 0 aliphatic heterocycles. The zero-order valence-corrected chi connectivity index (χ0v) is 12.7. The summed E-state index contributed by atoms with van der Waals surface area (Å²) in [6, 6.07) is 8.76. The second kappa shape index (κ2) is 9.11. The summed E-state index contributed by atoms with van der Waals surface area (Å²) < 4.78 is 0. The summed E-state index contributed by atoms with van der Waals surface area (Å²) in [4.78, 5) is 14.2. The molecule has 0 aliphatic carbocycles. The van der Waals surface area contributed by atoms with Crippen LogP contribution < -0.4 is 5.32 Å². The normalized spacial score (nSPS) is 12.0. The highest BCUT2D eigenvalue weighted by molar-refractivity contribution is 5.95. The van der Waals surface area contributed by atoms with Gasteiger partial charge in [0.2, 0.25) is 5.91 Å². The van der Waals surface area contributed by atoms with Crippen molar-refractivity contribution in [3.8, 4) is 6.07 Å². The molecule has 21 heavy (non-hydrogen) atoms. The second-order valence-electron chi connectivity index (χ2n) is 5.09. The molecule has 2 N–H and O–H groups in total. The molecule has 1 unspecified atom stereocenters. The van der Waals surface area contributed by atoms with Gasteiger partial charge in [-0.05, 0) is 51.9 Å². The van der Waals surface area contributed by atoms with Gasteiger partial charge >= 0.3 is 0 Å². The van der Waals surface area contributed by atoms with Gasteiger partial charge in [-0.25, -0.2) is 0 Å². The lowest BCUT2D eigenvalue weighted by atomic mass is 10.1. The van der Waals surface area contributed by atoms with Crippen LogP contribution >= 0.6 is 0 Å². The summed E-state index contributed by atoms with van der Waals surface area (Å²) in [5.41, 5.74) is 1.01. The van der Waals surface area contributed by atoms with Crippen LogP contribution in [0.1, 0.15) is 31.7 Å². The van der Waals surface area contributed by atoms with E-state index in [1.54, 1.807) is 24.3 Å². The molecule has 0 fully saturated rings. The van der Waals surface area contributed by atoms with Gasteiger partial charge in [0.1, 0.15) is 6.07 Å². The molecule has 1 rings (SSSR count). The van der Waals surface area contributed by atoms with E-state index >= 15 is 0 Å². The number of carbonyl (C=O) groups is 1. The SMILES string of the molecule is CC(C(=O)Nc1ccccc1C#N)N(C)CCCCCO.